The van der Waals surface area contributed by atoms with Gasteiger partial charge in [0, 0.05) is 18.1 Å². The Morgan fingerprint density at radius 2 is 1.50 bits per heavy atom. The van der Waals surface area contributed by atoms with Gasteiger partial charge >= 0.3 is 0 Å². The van der Waals surface area contributed by atoms with E-state index in [-0.39, 0.29) is 13.2 Å². The molecule has 0 fully saturated rings. The van der Waals surface area contributed by atoms with E-state index in [0.717, 1.165) is 11.1 Å². The lowest BCUT2D eigenvalue weighted by Crippen LogP contribution is -2.53. The highest BCUT2D eigenvalue weighted by molar-refractivity contribution is 7.79. The number of nitrogens with zero attached hydrogens (tertiary/aromatic N) is 1. The summed E-state index contributed by atoms with van der Waals surface area (Å²) in [6.45, 7) is 3.10. The minimum absolute atomic E-state index is 0.128. The molecule has 0 aliphatic heterocycles. The standard InChI is InChI=1S/C16H27NO5S2/c1-10(18)15(20)17(16(21)11(2)19)5-6-22-14-4-3-12(8-23)13(7-14)9-24/h3-4,7,10-11,15-16,18-21,23-24H,5-6,8-9H2,1-2H3. The smallest absolute Gasteiger partial charge is 0.135 e. The van der Waals surface area contributed by atoms with Gasteiger partial charge in [-0.2, -0.15) is 25.3 Å². The van der Waals surface area contributed by atoms with Crippen molar-refractivity contribution in [3.8, 4) is 5.75 Å². The van der Waals surface area contributed by atoms with E-state index < -0.39 is 24.7 Å². The van der Waals surface area contributed by atoms with Crippen molar-refractivity contribution < 1.29 is 25.2 Å². The molecule has 4 unspecified atom stereocenters. The van der Waals surface area contributed by atoms with Crippen LogP contribution in [0.5, 0.6) is 5.75 Å². The SMILES string of the molecule is CC(O)C(O)N(CCOc1ccc(CS)c(CS)c1)C(O)C(C)O. The molecule has 1 rings (SSSR count). The highest BCUT2D eigenvalue weighted by atomic mass is 32.1. The van der Waals surface area contributed by atoms with Crippen molar-refractivity contribution in [2.45, 2.75) is 50.0 Å². The van der Waals surface area contributed by atoms with Gasteiger partial charge in [0.05, 0.1) is 12.2 Å². The maximum Gasteiger partial charge on any atom is 0.135 e. The van der Waals surface area contributed by atoms with Gasteiger partial charge in [-0.3, -0.25) is 0 Å². The summed E-state index contributed by atoms with van der Waals surface area (Å²) in [5.74, 6) is 1.83. The molecule has 1 aromatic carbocycles. The zero-order chi connectivity index (χ0) is 18.3. The third-order valence-corrected chi connectivity index (χ3v) is 4.36. The quantitative estimate of drug-likeness (QED) is 0.265. The zero-order valence-electron chi connectivity index (χ0n) is 13.9. The molecule has 24 heavy (non-hydrogen) atoms. The van der Waals surface area contributed by atoms with E-state index in [9.17, 15) is 20.4 Å². The van der Waals surface area contributed by atoms with E-state index in [2.05, 4.69) is 25.3 Å². The van der Waals surface area contributed by atoms with Gasteiger partial charge in [0.2, 0.25) is 0 Å². The number of hydrogen-bond donors (Lipinski definition) is 6. The summed E-state index contributed by atoms with van der Waals surface area (Å²) in [6.07, 6.45) is -4.77. The Balaban J connectivity index is 2.71. The molecule has 0 aromatic heterocycles. The van der Waals surface area contributed by atoms with Crippen LogP contribution in [0.1, 0.15) is 25.0 Å². The van der Waals surface area contributed by atoms with Gasteiger partial charge in [-0.1, -0.05) is 6.07 Å². The average Bonchev–Trinajstić information content (AvgIpc) is 2.57. The van der Waals surface area contributed by atoms with Crippen LogP contribution in [0.3, 0.4) is 0 Å². The number of rotatable bonds is 10. The third kappa shape index (κ3) is 6.11. The lowest BCUT2D eigenvalue weighted by Gasteiger charge is -2.34. The number of aliphatic hydroxyl groups excluding tert-OH is 4. The van der Waals surface area contributed by atoms with Gasteiger partial charge in [-0.15, -0.1) is 0 Å². The summed E-state index contributed by atoms with van der Waals surface area (Å²) in [5.41, 5.74) is 2.10. The van der Waals surface area contributed by atoms with E-state index in [1.54, 1.807) is 0 Å². The number of benzene rings is 1. The lowest BCUT2D eigenvalue weighted by atomic mass is 10.1. The van der Waals surface area contributed by atoms with Crippen LogP contribution in [0.2, 0.25) is 0 Å². The van der Waals surface area contributed by atoms with Crippen LogP contribution in [0.4, 0.5) is 0 Å². The largest absolute Gasteiger partial charge is 0.492 e. The van der Waals surface area contributed by atoms with Gasteiger partial charge in [0.25, 0.3) is 0 Å². The summed E-state index contributed by atoms with van der Waals surface area (Å²) in [7, 11) is 0. The second-order valence-electron chi connectivity index (χ2n) is 5.64. The molecule has 6 nitrogen and oxygen atoms in total. The Labute approximate surface area is 153 Å². The van der Waals surface area contributed by atoms with Crippen molar-refractivity contribution in [1.82, 2.24) is 4.90 Å². The van der Waals surface area contributed by atoms with E-state index >= 15 is 0 Å². The van der Waals surface area contributed by atoms with Gasteiger partial charge in [-0.05, 0) is 37.1 Å². The lowest BCUT2D eigenvalue weighted by molar-refractivity contribution is -0.173. The predicted octanol–water partition coefficient (Wildman–Crippen LogP) is 0.625. The van der Waals surface area contributed by atoms with E-state index in [4.69, 9.17) is 4.74 Å². The first-order chi connectivity index (χ1) is 11.3. The fourth-order valence-electron chi connectivity index (χ4n) is 2.24. The van der Waals surface area contributed by atoms with Gasteiger partial charge < -0.3 is 25.2 Å². The summed E-state index contributed by atoms with van der Waals surface area (Å²) >= 11 is 8.55. The van der Waals surface area contributed by atoms with Crippen molar-refractivity contribution in [2.24, 2.45) is 0 Å². The molecule has 4 N–H and O–H groups in total. The van der Waals surface area contributed by atoms with Crippen LogP contribution >= 0.6 is 25.3 Å². The second-order valence-corrected chi connectivity index (χ2v) is 6.27. The summed E-state index contributed by atoms with van der Waals surface area (Å²) in [5, 5.41) is 39.0. The van der Waals surface area contributed by atoms with Crippen molar-refractivity contribution >= 4 is 25.3 Å². The molecule has 0 aliphatic rings. The molecule has 138 valence electrons. The Bertz CT molecular complexity index is 487. The minimum atomic E-state index is -1.31. The summed E-state index contributed by atoms with van der Waals surface area (Å²) in [6, 6.07) is 5.61. The average molecular weight is 378 g/mol. The van der Waals surface area contributed by atoms with Crippen LogP contribution in [0.15, 0.2) is 18.2 Å². The molecule has 0 amide bonds. The van der Waals surface area contributed by atoms with Gasteiger partial charge in [-0.25, -0.2) is 4.90 Å². The molecule has 0 radical (unpaired) electrons. The third-order valence-electron chi connectivity index (χ3n) is 3.68. The van der Waals surface area contributed by atoms with E-state index in [1.165, 1.54) is 18.7 Å². The highest BCUT2D eigenvalue weighted by Gasteiger charge is 2.29. The minimum Gasteiger partial charge on any atom is -0.492 e. The van der Waals surface area contributed by atoms with E-state index in [0.29, 0.717) is 17.3 Å². The number of thiol groups is 2. The van der Waals surface area contributed by atoms with Crippen LogP contribution in [0, 0.1) is 0 Å². The van der Waals surface area contributed by atoms with E-state index in [1.807, 2.05) is 18.2 Å². The number of ether oxygens (including phenoxy) is 1. The van der Waals surface area contributed by atoms with Crippen LogP contribution < -0.4 is 4.74 Å². The van der Waals surface area contributed by atoms with Crippen LogP contribution in [-0.2, 0) is 11.5 Å². The first-order valence-electron chi connectivity index (χ1n) is 7.76. The Hall–Kier alpha value is -0.480. The molecule has 4 atom stereocenters. The zero-order valence-corrected chi connectivity index (χ0v) is 15.7. The molecule has 1 aromatic rings. The molecule has 0 saturated heterocycles. The molecule has 0 aliphatic carbocycles. The molecular formula is C16H27NO5S2. The Kier molecular flexibility index (Phi) is 9.43. The van der Waals surface area contributed by atoms with Crippen molar-refractivity contribution in [1.29, 1.82) is 0 Å². The van der Waals surface area contributed by atoms with Gasteiger partial charge in [0.15, 0.2) is 0 Å². The molecule has 0 heterocycles. The fraction of sp³-hybridized carbons (Fsp3) is 0.625. The van der Waals surface area contributed by atoms with Crippen LogP contribution in [0.25, 0.3) is 0 Å². The second kappa shape index (κ2) is 10.5. The maximum absolute atomic E-state index is 9.98. The normalized spacial score (nSPS) is 16.7. The van der Waals surface area contributed by atoms with Crippen molar-refractivity contribution in [3.63, 3.8) is 0 Å². The predicted molar refractivity (Wildman–Crippen MR) is 99.4 cm³/mol. The maximum atomic E-state index is 9.98. The van der Waals surface area contributed by atoms with Crippen molar-refractivity contribution in [3.05, 3.63) is 29.3 Å². The molecule has 0 saturated carbocycles. The van der Waals surface area contributed by atoms with Crippen molar-refractivity contribution in [2.75, 3.05) is 13.2 Å². The first-order valence-corrected chi connectivity index (χ1v) is 9.02. The molecule has 0 bridgehead atoms. The first kappa shape index (κ1) is 21.6. The summed E-state index contributed by atoms with van der Waals surface area (Å²) in [4.78, 5) is 1.19. The summed E-state index contributed by atoms with van der Waals surface area (Å²) < 4.78 is 5.65. The monoisotopic (exact) mass is 377 g/mol. The Morgan fingerprint density at radius 1 is 0.958 bits per heavy atom. The number of aliphatic hydroxyl groups is 4. The van der Waals surface area contributed by atoms with Gasteiger partial charge in [0.1, 0.15) is 24.8 Å². The van der Waals surface area contributed by atoms with Crippen LogP contribution in [-0.4, -0.2) is 63.1 Å². The molecular weight excluding hydrogens is 350 g/mol. The number of hydrogen-bond acceptors (Lipinski definition) is 8. The molecule has 0 spiro atoms. The Morgan fingerprint density at radius 3 is 1.96 bits per heavy atom. The highest BCUT2D eigenvalue weighted by Crippen LogP contribution is 2.21. The fourth-order valence-corrected chi connectivity index (χ4v) is 2.84. The molecule has 8 heteroatoms. The topological polar surface area (TPSA) is 93.4 Å².